The van der Waals surface area contributed by atoms with Gasteiger partial charge in [-0.2, -0.15) is 10.2 Å². The number of halogens is 2. The molecule has 1 amide bonds. The predicted octanol–water partition coefficient (Wildman–Crippen LogP) is 3.03. The molecule has 9 nitrogen and oxygen atoms in total. The average Bonchev–Trinajstić information content (AvgIpc) is 3.22. The number of carbonyl (C=O) groups excluding carboxylic acids is 1. The Labute approximate surface area is 157 Å². The van der Waals surface area contributed by atoms with Gasteiger partial charge in [0.05, 0.1) is 11.5 Å². The fraction of sp³-hybridized carbons (Fsp3) is 0.188. The minimum Gasteiger partial charge on any atom is -0.306 e. The van der Waals surface area contributed by atoms with Crippen molar-refractivity contribution in [2.24, 2.45) is 0 Å². The molecule has 0 aliphatic carbocycles. The van der Waals surface area contributed by atoms with E-state index in [1.165, 1.54) is 34.6 Å². The van der Waals surface area contributed by atoms with E-state index in [0.717, 1.165) is 12.4 Å². The number of aromatic nitrogens is 4. The van der Waals surface area contributed by atoms with Crippen molar-refractivity contribution in [3.05, 3.63) is 69.4 Å². The third-order valence-corrected chi connectivity index (χ3v) is 4.04. The van der Waals surface area contributed by atoms with Gasteiger partial charge in [0.25, 0.3) is 0 Å². The molecule has 3 rings (SSSR count). The van der Waals surface area contributed by atoms with Gasteiger partial charge in [-0.3, -0.25) is 24.3 Å². The second-order valence-electron chi connectivity index (χ2n) is 5.75. The van der Waals surface area contributed by atoms with Gasteiger partial charge in [-0.1, -0.05) is 23.7 Å². The maximum absolute atomic E-state index is 13.3. The number of amides is 1. The van der Waals surface area contributed by atoms with Crippen LogP contribution >= 0.6 is 11.6 Å². The van der Waals surface area contributed by atoms with Crippen molar-refractivity contribution in [2.45, 2.75) is 19.5 Å². The Bertz CT molecular complexity index is 1000. The Morgan fingerprint density at radius 1 is 1.44 bits per heavy atom. The van der Waals surface area contributed by atoms with Crippen molar-refractivity contribution in [1.82, 2.24) is 19.6 Å². The monoisotopic (exact) mass is 392 g/mol. The van der Waals surface area contributed by atoms with Crippen LogP contribution in [0.2, 0.25) is 5.02 Å². The molecule has 3 aromatic rings. The van der Waals surface area contributed by atoms with Crippen molar-refractivity contribution in [2.75, 3.05) is 5.32 Å². The van der Waals surface area contributed by atoms with E-state index in [2.05, 4.69) is 15.5 Å². The molecule has 140 valence electrons. The minimum atomic E-state index is -0.817. The minimum absolute atomic E-state index is 0.131. The Hall–Kier alpha value is -3.27. The van der Waals surface area contributed by atoms with Crippen LogP contribution in [-0.2, 0) is 11.3 Å². The lowest BCUT2D eigenvalue weighted by Crippen LogP contribution is -2.24. The number of nitrogens with one attached hydrogen (secondary N) is 1. The smallest absolute Gasteiger partial charge is 0.306 e. The molecule has 2 aromatic heterocycles. The van der Waals surface area contributed by atoms with Gasteiger partial charge in [0.1, 0.15) is 29.3 Å². The van der Waals surface area contributed by atoms with Gasteiger partial charge in [0.2, 0.25) is 5.91 Å². The van der Waals surface area contributed by atoms with Gasteiger partial charge in [-0.15, -0.1) is 0 Å². The molecule has 0 aliphatic heterocycles. The lowest BCUT2D eigenvalue weighted by atomic mass is 10.2. The first-order valence-corrected chi connectivity index (χ1v) is 8.18. The molecule has 0 fully saturated rings. The highest BCUT2D eigenvalue weighted by Gasteiger charge is 2.21. The van der Waals surface area contributed by atoms with E-state index in [0.29, 0.717) is 5.56 Å². The second-order valence-corrected chi connectivity index (χ2v) is 6.16. The zero-order valence-corrected chi connectivity index (χ0v) is 14.8. The fourth-order valence-corrected chi connectivity index (χ4v) is 2.56. The van der Waals surface area contributed by atoms with Gasteiger partial charge in [0.15, 0.2) is 5.82 Å². The first-order chi connectivity index (χ1) is 12.8. The molecule has 0 saturated heterocycles. The molecule has 0 radical (unpaired) electrons. The molecule has 2 heterocycles. The van der Waals surface area contributed by atoms with Crippen molar-refractivity contribution < 1.29 is 14.1 Å². The summed E-state index contributed by atoms with van der Waals surface area (Å²) in [5.74, 6) is -0.723. The topological polar surface area (TPSA) is 108 Å². The largest absolute Gasteiger partial charge is 0.307 e. The van der Waals surface area contributed by atoms with Crippen LogP contribution in [0.1, 0.15) is 18.5 Å². The van der Waals surface area contributed by atoms with Crippen LogP contribution < -0.4 is 5.32 Å². The van der Waals surface area contributed by atoms with Gasteiger partial charge in [-0.25, -0.2) is 4.39 Å². The Kier molecular flexibility index (Phi) is 5.17. The zero-order chi connectivity index (χ0) is 19.6. The molecule has 1 aromatic carbocycles. The van der Waals surface area contributed by atoms with Crippen molar-refractivity contribution in [3.8, 4) is 0 Å². The van der Waals surface area contributed by atoms with Crippen molar-refractivity contribution in [1.29, 1.82) is 0 Å². The van der Waals surface area contributed by atoms with E-state index < -0.39 is 16.9 Å². The SMILES string of the molecule is CC(C(=O)Nc1nn(Cc2cccc(F)c2)cc1Cl)n1cc([N+](=O)[O-])cn1. The first kappa shape index (κ1) is 18.5. The lowest BCUT2D eigenvalue weighted by Gasteiger charge is -2.11. The number of anilines is 1. The molecule has 0 spiro atoms. The van der Waals surface area contributed by atoms with Crippen LogP contribution in [0.5, 0.6) is 0 Å². The van der Waals surface area contributed by atoms with Gasteiger partial charge in [0, 0.05) is 6.20 Å². The summed E-state index contributed by atoms with van der Waals surface area (Å²) in [4.78, 5) is 22.5. The number of nitrogens with zero attached hydrogens (tertiary/aromatic N) is 5. The molecule has 11 heteroatoms. The summed E-state index contributed by atoms with van der Waals surface area (Å²) in [6, 6.07) is 5.22. The van der Waals surface area contributed by atoms with Crippen LogP contribution in [0.3, 0.4) is 0 Å². The Morgan fingerprint density at radius 3 is 2.89 bits per heavy atom. The molecule has 1 atom stereocenters. The summed E-state index contributed by atoms with van der Waals surface area (Å²) < 4.78 is 15.9. The number of hydrogen-bond donors (Lipinski definition) is 1. The van der Waals surface area contributed by atoms with E-state index in [1.807, 2.05) is 0 Å². The second kappa shape index (κ2) is 7.54. The molecular formula is C16H14ClFN6O3. The number of benzene rings is 1. The molecular weight excluding hydrogens is 379 g/mol. The summed E-state index contributed by atoms with van der Waals surface area (Å²) >= 11 is 6.10. The summed E-state index contributed by atoms with van der Waals surface area (Å²) in [6.45, 7) is 1.80. The summed E-state index contributed by atoms with van der Waals surface area (Å²) in [5.41, 5.74) is 0.469. The normalized spacial score (nSPS) is 12.0. The van der Waals surface area contributed by atoms with E-state index in [1.54, 1.807) is 12.1 Å². The molecule has 0 aliphatic rings. The summed E-state index contributed by atoms with van der Waals surface area (Å²) in [5, 5.41) is 21.5. The van der Waals surface area contributed by atoms with Crippen molar-refractivity contribution >= 4 is 29.0 Å². The van der Waals surface area contributed by atoms with Gasteiger partial charge < -0.3 is 5.32 Å². The molecule has 27 heavy (non-hydrogen) atoms. The fourth-order valence-electron chi connectivity index (χ4n) is 2.36. The molecule has 1 unspecified atom stereocenters. The highest BCUT2D eigenvalue weighted by Crippen LogP contribution is 2.22. The van der Waals surface area contributed by atoms with Crippen LogP contribution in [0, 0.1) is 15.9 Å². The Balaban J connectivity index is 1.70. The predicted molar refractivity (Wildman–Crippen MR) is 95.0 cm³/mol. The highest BCUT2D eigenvalue weighted by molar-refractivity contribution is 6.33. The van der Waals surface area contributed by atoms with E-state index >= 15 is 0 Å². The average molecular weight is 393 g/mol. The summed E-state index contributed by atoms with van der Waals surface area (Å²) in [7, 11) is 0. The van der Waals surface area contributed by atoms with E-state index in [-0.39, 0.29) is 28.9 Å². The van der Waals surface area contributed by atoms with Crippen molar-refractivity contribution in [3.63, 3.8) is 0 Å². The maximum atomic E-state index is 13.3. The van der Waals surface area contributed by atoms with E-state index in [9.17, 15) is 19.3 Å². The number of nitro groups is 1. The molecule has 1 N–H and O–H groups in total. The van der Waals surface area contributed by atoms with Crippen LogP contribution in [0.25, 0.3) is 0 Å². The number of carbonyl (C=O) groups is 1. The summed E-state index contributed by atoms with van der Waals surface area (Å²) in [6.07, 6.45) is 3.73. The highest BCUT2D eigenvalue weighted by atomic mass is 35.5. The van der Waals surface area contributed by atoms with Crippen LogP contribution in [0.15, 0.2) is 42.9 Å². The Morgan fingerprint density at radius 2 is 2.22 bits per heavy atom. The lowest BCUT2D eigenvalue weighted by molar-refractivity contribution is -0.385. The maximum Gasteiger partial charge on any atom is 0.307 e. The van der Waals surface area contributed by atoms with E-state index in [4.69, 9.17) is 11.6 Å². The third kappa shape index (κ3) is 4.29. The number of rotatable bonds is 6. The zero-order valence-electron chi connectivity index (χ0n) is 14.0. The van der Waals surface area contributed by atoms with Crippen LogP contribution in [-0.4, -0.2) is 30.4 Å². The molecule has 0 bridgehead atoms. The van der Waals surface area contributed by atoms with Gasteiger partial charge in [-0.05, 0) is 24.6 Å². The van der Waals surface area contributed by atoms with Crippen LogP contribution in [0.4, 0.5) is 15.9 Å². The van der Waals surface area contributed by atoms with Gasteiger partial charge >= 0.3 is 5.69 Å². The molecule has 0 saturated carbocycles. The quantitative estimate of drug-likeness (QED) is 0.512. The standard InChI is InChI=1S/C16H14ClFN6O3/c1-10(23-8-13(6-19-23)24(26)27)16(25)20-15-14(17)9-22(21-15)7-11-3-2-4-12(18)5-11/h2-6,8-10H,7H2,1H3,(H,20,21,25). The first-order valence-electron chi connectivity index (χ1n) is 7.80. The number of hydrogen-bond acceptors (Lipinski definition) is 5. The third-order valence-electron chi connectivity index (χ3n) is 3.77.